The quantitative estimate of drug-likeness (QED) is 0.731. The molecular weight excluding hydrogens is 370 g/mol. The van der Waals surface area contributed by atoms with Gasteiger partial charge in [-0.25, -0.2) is 9.97 Å². The van der Waals surface area contributed by atoms with Crippen LogP contribution < -0.4 is 9.64 Å². The Morgan fingerprint density at radius 3 is 2.93 bits per heavy atom. The van der Waals surface area contributed by atoms with Crippen LogP contribution >= 0.6 is 0 Å². The number of rotatable bonds is 4. The van der Waals surface area contributed by atoms with Crippen LogP contribution in [0.2, 0.25) is 0 Å². The van der Waals surface area contributed by atoms with Crippen LogP contribution in [0.3, 0.4) is 0 Å². The zero-order valence-corrected chi connectivity index (χ0v) is 16.1. The van der Waals surface area contributed by atoms with Crippen LogP contribution in [0, 0.1) is 0 Å². The minimum atomic E-state index is -0.0726. The minimum Gasteiger partial charge on any atom is -0.472 e. The molecule has 1 aromatic carbocycles. The molecule has 1 unspecified atom stereocenters. The predicted octanol–water partition coefficient (Wildman–Crippen LogP) is 2.09. The summed E-state index contributed by atoms with van der Waals surface area (Å²) in [7, 11) is 0. The van der Waals surface area contributed by atoms with E-state index in [0.717, 1.165) is 36.2 Å². The molecule has 2 aromatic heterocycles. The smallest absolute Gasteiger partial charge is 0.256 e. The third-order valence-electron chi connectivity index (χ3n) is 5.50. The van der Waals surface area contributed by atoms with Gasteiger partial charge in [-0.2, -0.15) is 0 Å². The van der Waals surface area contributed by atoms with Gasteiger partial charge in [0, 0.05) is 49.2 Å². The van der Waals surface area contributed by atoms with E-state index >= 15 is 0 Å². The molecule has 1 amide bonds. The lowest BCUT2D eigenvalue weighted by molar-refractivity contribution is 0.0773. The predicted molar refractivity (Wildman–Crippen MR) is 108 cm³/mol. The highest BCUT2D eigenvalue weighted by Gasteiger charge is 2.30. The molecule has 1 atom stereocenters. The van der Waals surface area contributed by atoms with Crippen molar-refractivity contribution in [2.45, 2.75) is 12.5 Å². The Morgan fingerprint density at radius 2 is 2.03 bits per heavy atom. The summed E-state index contributed by atoms with van der Waals surface area (Å²) in [5, 5.41) is 0.952. The molecule has 0 bridgehead atoms. The van der Waals surface area contributed by atoms with Crippen molar-refractivity contribution in [1.82, 2.24) is 19.9 Å². The molecular formula is C21H23N5O3. The molecule has 2 saturated heterocycles. The van der Waals surface area contributed by atoms with Gasteiger partial charge in [-0.1, -0.05) is 18.2 Å². The first-order valence-corrected chi connectivity index (χ1v) is 9.95. The number of ether oxygens (including phenoxy) is 2. The van der Waals surface area contributed by atoms with E-state index in [-0.39, 0.29) is 12.0 Å². The number of carbonyl (C=O) groups is 1. The largest absolute Gasteiger partial charge is 0.472 e. The third kappa shape index (κ3) is 3.63. The number of likely N-dealkylation sites (tertiary alicyclic amines) is 1. The van der Waals surface area contributed by atoms with Gasteiger partial charge in [0.1, 0.15) is 18.2 Å². The van der Waals surface area contributed by atoms with Crippen LogP contribution in [0.1, 0.15) is 16.8 Å². The van der Waals surface area contributed by atoms with Crippen molar-refractivity contribution in [3.05, 3.63) is 48.4 Å². The first-order valence-electron chi connectivity index (χ1n) is 9.95. The summed E-state index contributed by atoms with van der Waals surface area (Å²) in [6, 6.07) is 9.72. The lowest BCUT2D eigenvalue weighted by Gasteiger charge is -2.27. The summed E-state index contributed by atoms with van der Waals surface area (Å²) in [5.41, 5.74) is 1.68. The molecule has 3 aromatic rings. The number of H-pyrrole nitrogens is 1. The fourth-order valence-corrected chi connectivity index (χ4v) is 3.96. The average Bonchev–Trinajstić information content (AvgIpc) is 3.41. The topological polar surface area (TPSA) is 83.6 Å². The molecule has 8 heteroatoms. The standard InChI is InChI=1S/C21H23N5O3/c27-21(17-12-22-18-4-2-1-3-16(17)18)26-6-5-15(13-26)29-20-11-19(23-14-24-20)25-7-9-28-10-8-25/h1-4,11-12,14-15,22H,5-10,13H2. The number of hydrogen-bond acceptors (Lipinski definition) is 6. The maximum absolute atomic E-state index is 13.0. The molecule has 1 N–H and O–H groups in total. The Bertz CT molecular complexity index is 1010. The van der Waals surface area contributed by atoms with Crippen molar-refractivity contribution in [3.63, 3.8) is 0 Å². The SMILES string of the molecule is O=C(c1c[nH]c2ccccc12)N1CCC(Oc2cc(N3CCOCC3)ncn2)C1. The first-order chi connectivity index (χ1) is 14.3. The summed E-state index contributed by atoms with van der Waals surface area (Å²) in [5.74, 6) is 1.43. The summed E-state index contributed by atoms with van der Waals surface area (Å²) >= 11 is 0. The molecule has 29 heavy (non-hydrogen) atoms. The molecule has 150 valence electrons. The van der Waals surface area contributed by atoms with Crippen LogP contribution in [0.4, 0.5) is 5.82 Å². The zero-order chi connectivity index (χ0) is 19.6. The van der Waals surface area contributed by atoms with Crippen molar-refractivity contribution in [3.8, 4) is 5.88 Å². The molecule has 0 radical (unpaired) electrons. The zero-order valence-electron chi connectivity index (χ0n) is 16.1. The second-order valence-electron chi connectivity index (χ2n) is 7.34. The molecule has 8 nitrogen and oxygen atoms in total. The number of amides is 1. The van der Waals surface area contributed by atoms with Crippen molar-refractivity contribution in [1.29, 1.82) is 0 Å². The summed E-state index contributed by atoms with van der Waals surface area (Å²) in [6.45, 7) is 4.25. The highest BCUT2D eigenvalue weighted by atomic mass is 16.5. The number of para-hydroxylation sites is 1. The van der Waals surface area contributed by atoms with Gasteiger partial charge in [0.05, 0.1) is 25.3 Å². The van der Waals surface area contributed by atoms with Gasteiger partial charge >= 0.3 is 0 Å². The fraction of sp³-hybridized carbons (Fsp3) is 0.381. The Labute approximate surface area is 168 Å². The van der Waals surface area contributed by atoms with E-state index in [1.807, 2.05) is 35.2 Å². The fourth-order valence-electron chi connectivity index (χ4n) is 3.96. The number of hydrogen-bond donors (Lipinski definition) is 1. The van der Waals surface area contributed by atoms with Crippen LogP contribution in [-0.2, 0) is 4.74 Å². The molecule has 0 spiro atoms. The van der Waals surface area contributed by atoms with Crippen molar-refractivity contribution >= 4 is 22.6 Å². The summed E-state index contributed by atoms with van der Waals surface area (Å²) in [6.07, 6.45) is 4.03. The Hall–Kier alpha value is -3.13. The molecule has 2 aliphatic heterocycles. The Morgan fingerprint density at radius 1 is 1.17 bits per heavy atom. The van der Waals surface area contributed by atoms with E-state index in [4.69, 9.17) is 9.47 Å². The summed E-state index contributed by atoms with van der Waals surface area (Å²) < 4.78 is 11.5. The van der Waals surface area contributed by atoms with Crippen LogP contribution in [0.5, 0.6) is 5.88 Å². The van der Waals surface area contributed by atoms with Gasteiger partial charge in [-0.15, -0.1) is 0 Å². The van der Waals surface area contributed by atoms with E-state index in [1.54, 1.807) is 6.20 Å². The lowest BCUT2D eigenvalue weighted by Crippen LogP contribution is -2.36. The van der Waals surface area contributed by atoms with Gasteiger partial charge in [0.15, 0.2) is 0 Å². The molecule has 2 aliphatic rings. The van der Waals surface area contributed by atoms with Gasteiger partial charge in [-0.3, -0.25) is 4.79 Å². The molecule has 4 heterocycles. The maximum Gasteiger partial charge on any atom is 0.256 e. The van der Waals surface area contributed by atoms with Crippen LogP contribution in [-0.4, -0.2) is 71.3 Å². The summed E-state index contributed by atoms with van der Waals surface area (Å²) in [4.78, 5) is 28.8. The highest BCUT2D eigenvalue weighted by Crippen LogP contribution is 2.24. The van der Waals surface area contributed by atoms with Gasteiger partial charge in [0.2, 0.25) is 5.88 Å². The number of nitrogens with one attached hydrogen (secondary N) is 1. The minimum absolute atomic E-state index is 0.0326. The number of aromatic amines is 1. The van der Waals surface area contributed by atoms with Crippen molar-refractivity contribution in [2.24, 2.45) is 0 Å². The second kappa shape index (κ2) is 7.71. The monoisotopic (exact) mass is 393 g/mol. The first kappa shape index (κ1) is 17.9. The lowest BCUT2D eigenvalue weighted by atomic mass is 10.1. The van der Waals surface area contributed by atoms with E-state index < -0.39 is 0 Å². The number of benzene rings is 1. The van der Waals surface area contributed by atoms with E-state index in [0.29, 0.717) is 37.7 Å². The number of morpholine rings is 1. The van der Waals surface area contributed by atoms with E-state index in [1.165, 1.54) is 6.33 Å². The normalized spacial score (nSPS) is 19.7. The van der Waals surface area contributed by atoms with E-state index in [9.17, 15) is 4.79 Å². The number of nitrogens with zero attached hydrogens (tertiary/aromatic N) is 4. The highest BCUT2D eigenvalue weighted by molar-refractivity contribution is 6.06. The van der Waals surface area contributed by atoms with Gasteiger partial charge in [-0.05, 0) is 6.07 Å². The molecule has 0 saturated carbocycles. The van der Waals surface area contributed by atoms with E-state index in [2.05, 4.69) is 19.9 Å². The average molecular weight is 393 g/mol. The maximum atomic E-state index is 13.0. The number of aromatic nitrogens is 3. The number of fused-ring (bicyclic) bond motifs is 1. The van der Waals surface area contributed by atoms with Crippen molar-refractivity contribution < 1.29 is 14.3 Å². The number of carbonyl (C=O) groups excluding carboxylic acids is 1. The molecule has 5 rings (SSSR count). The van der Waals surface area contributed by atoms with Crippen LogP contribution in [0.25, 0.3) is 10.9 Å². The van der Waals surface area contributed by atoms with Gasteiger partial charge < -0.3 is 24.3 Å². The Balaban J connectivity index is 1.25. The van der Waals surface area contributed by atoms with Crippen molar-refractivity contribution in [2.75, 3.05) is 44.3 Å². The van der Waals surface area contributed by atoms with Crippen LogP contribution in [0.15, 0.2) is 42.9 Å². The molecule has 0 aliphatic carbocycles. The Kier molecular flexibility index (Phi) is 4.77. The number of anilines is 1. The molecule has 2 fully saturated rings. The third-order valence-corrected chi connectivity index (χ3v) is 5.50. The second-order valence-corrected chi connectivity index (χ2v) is 7.34. The van der Waals surface area contributed by atoms with Gasteiger partial charge in [0.25, 0.3) is 5.91 Å².